The molecular weight excluding hydrogens is 402 g/mol. The number of rotatable bonds is 5. The van der Waals surface area contributed by atoms with Crippen molar-refractivity contribution in [2.75, 3.05) is 5.32 Å². The van der Waals surface area contributed by atoms with Crippen LogP contribution in [0.25, 0.3) is 10.2 Å². The van der Waals surface area contributed by atoms with Gasteiger partial charge in [0.05, 0.1) is 10.6 Å². The molecule has 2 aromatic heterocycles. The van der Waals surface area contributed by atoms with Gasteiger partial charge in [-0.15, -0.1) is 11.3 Å². The van der Waals surface area contributed by atoms with Gasteiger partial charge in [-0.3, -0.25) is 14.2 Å². The third-order valence-corrected chi connectivity index (χ3v) is 7.63. The third kappa shape index (κ3) is 3.98. The smallest absolute Gasteiger partial charge is 0.263 e. The second-order valence-corrected chi connectivity index (χ2v) is 9.98. The number of amides is 1. The van der Waals surface area contributed by atoms with Crippen LogP contribution in [0.15, 0.2) is 40.3 Å². The number of thiophene rings is 1. The molecule has 4 rings (SSSR count). The van der Waals surface area contributed by atoms with E-state index in [1.54, 1.807) is 15.9 Å². The lowest BCUT2D eigenvalue weighted by Crippen LogP contribution is -2.26. The van der Waals surface area contributed by atoms with Crippen LogP contribution in [0.2, 0.25) is 0 Å². The van der Waals surface area contributed by atoms with E-state index >= 15 is 0 Å². The van der Waals surface area contributed by atoms with Crippen LogP contribution in [0.3, 0.4) is 0 Å². The van der Waals surface area contributed by atoms with Crippen LogP contribution >= 0.6 is 23.1 Å². The summed E-state index contributed by atoms with van der Waals surface area (Å²) in [7, 11) is 0. The first-order chi connectivity index (χ1) is 14.0. The van der Waals surface area contributed by atoms with Crippen molar-refractivity contribution >= 4 is 44.9 Å². The van der Waals surface area contributed by atoms with Gasteiger partial charge in [0.25, 0.3) is 5.56 Å². The number of aryl methyl sites for hydroxylation is 1. The van der Waals surface area contributed by atoms with Gasteiger partial charge in [-0.2, -0.15) is 0 Å². The van der Waals surface area contributed by atoms with Gasteiger partial charge in [-0.25, -0.2) is 4.98 Å². The Bertz CT molecular complexity index is 1100. The molecule has 0 aliphatic heterocycles. The highest BCUT2D eigenvalue weighted by molar-refractivity contribution is 8.00. The Morgan fingerprint density at radius 1 is 1.38 bits per heavy atom. The Balaban J connectivity index is 1.65. The first-order valence-corrected chi connectivity index (χ1v) is 11.7. The number of hydrogen-bond acceptors (Lipinski definition) is 5. The molecular formula is C22H25N3O2S2. The zero-order valence-electron chi connectivity index (χ0n) is 16.9. The fraction of sp³-hybridized carbons (Fsp3) is 0.409. The Morgan fingerprint density at radius 2 is 2.14 bits per heavy atom. The van der Waals surface area contributed by atoms with Gasteiger partial charge < -0.3 is 5.32 Å². The molecule has 0 saturated heterocycles. The molecule has 152 valence electrons. The zero-order chi connectivity index (χ0) is 20.5. The Hall–Kier alpha value is -2.12. The van der Waals surface area contributed by atoms with Crippen molar-refractivity contribution in [2.24, 2.45) is 5.92 Å². The summed E-state index contributed by atoms with van der Waals surface area (Å²) in [5.74, 6) is 0.553. The number of para-hydroxylation sites is 1. The normalized spacial score (nSPS) is 17.1. The van der Waals surface area contributed by atoms with Crippen LogP contribution in [0.5, 0.6) is 0 Å². The minimum absolute atomic E-state index is 0.0303. The van der Waals surface area contributed by atoms with Crippen LogP contribution < -0.4 is 10.9 Å². The van der Waals surface area contributed by atoms with E-state index in [-0.39, 0.29) is 16.7 Å². The van der Waals surface area contributed by atoms with Crippen molar-refractivity contribution in [3.8, 4) is 0 Å². The highest BCUT2D eigenvalue weighted by atomic mass is 32.2. The highest BCUT2D eigenvalue weighted by Crippen LogP contribution is 2.37. The molecule has 2 unspecified atom stereocenters. The average molecular weight is 428 g/mol. The summed E-state index contributed by atoms with van der Waals surface area (Å²) in [5, 5.41) is 3.97. The minimum atomic E-state index is -0.369. The lowest BCUT2D eigenvalue weighted by atomic mass is 9.89. The molecule has 3 aromatic rings. The monoisotopic (exact) mass is 427 g/mol. The molecule has 1 N–H and O–H groups in total. The number of carbonyl (C=O) groups excluding carboxylic acids is 1. The molecule has 7 heteroatoms. The van der Waals surface area contributed by atoms with Crippen LogP contribution in [-0.2, 0) is 24.2 Å². The topological polar surface area (TPSA) is 64.0 Å². The summed E-state index contributed by atoms with van der Waals surface area (Å²) in [4.78, 5) is 32.8. The standard InChI is InChI=1S/C22H25N3O2S2/c1-4-25-21(27)18-16-11-10-13(2)12-17(16)29-20(18)24-22(25)28-14(3)19(26)23-15-8-6-5-7-9-15/h5-9,13-14H,4,10-12H2,1-3H3,(H,23,26). The van der Waals surface area contributed by atoms with Crippen molar-refractivity contribution < 1.29 is 4.79 Å². The van der Waals surface area contributed by atoms with E-state index in [1.165, 1.54) is 22.2 Å². The summed E-state index contributed by atoms with van der Waals surface area (Å²) in [6.45, 7) is 6.60. The van der Waals surface area contributed by atoms with Gasteiger partial charge in [0, 0.05) is 17.1 Å². The summed E-state index contributed by atoms with van der Waals surface area (Å²) in [6.07, 6.45) is 3.11. The van der Waals surface area contributed by atoms with Gasteiger partial charge in [-0.1, -0.05) is 36.9 Å². The van der Waals surface area contributed by atoms with Crippen molar-refractivity contribution in [3.63, 3.8) is 0 Å². The number of nitrogens with zero attached hydrogens (tertiary/aromatic N) is 2. The molecule has 1 aromatic carbocycles. The summed E-state index contributed by atoms with van der Waals surface area (Å²) >= 11 is 2.99. The molecule has 0 fully saturated rings. The first kappa shape index (κ1) is 20.2. The van der Waals surface area contributed by atoms with Gasteiger partial charge in [0.1, 0.15) is 4.83 Å². The minimum Gasteiger partial charge on any atom is -0.325 e. The van der Waals surface area contributed by atoms with E-state index in [2.05, 4.69) is 12.2 Å². The number of anilines is 1. The summed E-state index contributed by atoms with van der Waals surface area (Å²) in [6, 6.07) is 9.40. The van der Waals surface area contributed by atoms with Gasteiger partial charge in [0.2, 0.25) is 5.91 Å². The number of hydrogen-bond donors (Lipinski definition) is 1. The highest BCUT2D eigenvalue weighted by Gasteiger charge is 2.25. The van der Waals surface area contributed by atoms with Crippen molar-refractivity contribution in [2.45, 2.75) is 57.0 Å². The van der Waals surface area contributed by atoms with Gasteiger partial charge in [-0.05, 0) is 56.7 Å². The lowest BCUT2D eigenvalue weighted by Gasteiger charge is -2.18. The summed E-state index contributed by atoms with van der Waals surface area (Å²) < 4.78 is 1.71. The molecule has 5 nitrogen and oxygen atoms in total. The maximum Gasteiger partial charge on any atom is 0.263 e. The first-order valence-electron chi connectivity index (χ1n) is 10.1. The maximum atomic E-state index is 13.3. The molecule has 0 radical (unpaired) electrons. The Morgan fingerprint density at radius 3 is 2.86 bits per heavy atom. The molecule has 29 heavy (non-hydrogen) atoms. The van der Waals surface area contributed by atoms with E-state index in [0.717, 1.165) is 35.2 Å². The maximum absolute atomic E-state index is 13.3. The molecule has 0 saturated carbocycles. The quantitative estimate of drug-likeness (QED) is 0.473. The van der Waals surface area contributed by atoms with E-state index in [1.807, 2.05) is 44.2 Å². The third-order valence-electron chi connectivity index (χ3n) is 5.39. The molecule has 1 aliphatic carbocycles. The molecule has 1 amide bonds. The predicted molar refractivity (Wildman–Crippen MR) is 121 cm³/mol. The Kier molecular flexibility index (Phi) is 5.79. The van der Waals surface area contributed by atoms with Crippen molar-refractivity contribution in [1.29, 1.82) is 0 Å². The zero-order valence-corrected chi connectivity index (χ0v) is 18.5. The second kappa shape index (κ2) is 8.32. The number of carbonyl (C=O) groups is 1. The van der Waals surface area contributed by atoms with Crippen LogP contribution in [0, 0.1) is 5.92 Å². The van der Waals surface area contributed by atoms with Crippen LogP contribution in [0.1, 0.15) is 37.6 Å². The Labute approximate surface area is 178 Å². The molecule has 2 heterocycles. The second-order valence-electron chi connectivity index (χ2n) is 7.59. The number of fused-ring (bicyclic) bond motifs is 3. The number of benzene rings is 1. The predicted octanol–water partition coefficient (Wildman–Crippen LogP) is 4.72. The van der Waals surface area contributed by atoms with Gasteiger partial charge >= 0.3 is 0 Å². The number of thioether (sulfide) groups is 1. The number of aromatic nitrogens is 2. The van der Waals surface area contributed by atoms with Crippen molar-refractivity contribution in [3.05, 3.63) is 51.1 Å². The molecule has 0 spiro atoms. The van der Waals surface area contributed by atoms with Crippen LogP contribution in [-0.4, -0.2) is 20.7 Å². The van der Waals surface area contributed by atoms with E-state index in [9.17, 15) is 9.59 Å². The average Bonchev–Trinajstić information content (AvgIpc) is 3.06. The molecule has 0 bridgehead atoms. The van der Waals surface area contributed by atoms with E-state index in [4.69, 9.17) is 4.98 Å². The summed E-state index contributed by atoms with van der Waals surface area (Å²) in [5.41, 5.74) is 2.00. The number of nitrogens with one attached hydrogen (secondary N) is 1. The fourth-order valence-electron chi connectivity index (χ4n) is 3.75. The van der Waals surface area contributed by atoms with Crippen molar-refractivity contribution in [1.82, 2.24) is 9.55 Å². The molecule has 1 aliphatic rings. The molecule has 2 atom stereocenters. The van der Waals surface area contributed by atoms with Crippen LogP contribution in [0.4, 0.5) is 5.69 Å². The fourth-order valence-corrected chi connectivity index (χ4v) is 6.15. The van der Waals surface area contributed by atoms with Gasteiger partial charge in [0.15, 0.2) is 5.16 Å². The van der Waals surface area contributed by atoms with E-state index in [0.29, 0.717) is 17.6 Å². The van der Waals surface area contributed by atoms with E-state index < -0.39 is 0 Å². The largest absolute Gasteiger partial charge is 0.325 e. The SMILES string of the molecule is CCn1c(SC(C)C(=O)Nc2ccccc2)nc2sc3c(c2c1=O)CCC(C)C3. The lowest BCUT2D eigenvalue weighted by molar-refractivity contribution is -0.115.